The Labute approximate surface area is 134 Å². The van der Waals surface area contributed by atoms with Crippen molar-refractivity contribution < 1.29 is 108 Å². The molecule has 0 unspecified atom stereocenters. The van der Waals surface area contributed by atoms with Gasteiger partial charge in [-0.1, -0.05) is 0 Å². The third-order valence-corrected chi connectivity index (χ3v) is 0. The molecule has 0 aromatic heterocycles. The van der Waals surface area contributed by atoms with E-state index in [0.717, 1.165) is 0 Å². The van der Waals surface area contributed by atoms with Gasteiger partial charge in [-0.3, -0.25) is 0 Å². The van der Waals surface area contributed by atoms with E-state index in [1.165, 1.54) is 0 Å². The molecule has 0 radical (unpaired) electrons. The molecule has 0 aliphatic heterocycles. The zero-order valence-corrected chi connectivity index (χ0v) is 13.2. The Bertz CT molecular complexity index is 15.6. The van der Waals surface area contributed by atoms with Crippen LogP contribution in [0.5, 0.6) is 0 Å². The minimum atomic E-state index is 0. The van der Waals surface area contributed by atoms with E-state index >= 15 is 0 Å². The SMILES string of the molecule is O.O.O.O.O.O.O.O.O.S.[Na+].[Na+].[S-2]. The zero-order chi connectivity index (χ0) is 0. The number of rotatable bonds is 0. The number of hydrogen-bond donors (Lipinski definition) is 0. The van der Waals surface area contributed by atoms with Crippen LogP contribution in [0.15, 0.2) is 0 Å². The van der Waals surface area contributed by atoms with Crippen LogP contribution in [-0.2, 0) is 13.5 Å². The van der Waals surface area contributed by atoms with E-state index in [2.05, 4.69) is 0 Å². The fourth-order valence-corrected chi connectivity index (χ4v) is 0. The molecule has 9 nitrogen and oxygen atoms in total. The van der Waals surface area contributed by atoms with Crippen LogP contribution in [0, 0.1) is 0 Å². The summed E-state index contributed by atoms with van der Waals surface area (Å²) in [6, 6.07) is 0. The largest absolute Gasteiger partial charge is 2.00 e. The topological polar surface area (TPSA) is 284 Å². The summed E-state index contributed by atoms with van der Waals surface area (Å²) < 4.78 is 0. The van der Waals surface area contributed by atoms with Gasteiger partial charge in [0.15, 0.2) is 0 Å². The van der Waals surface area contributed by atoms with Gasteiger partial charge in [0.1, 0.15) is 0 Å². The summed E-state index contributed by atoms with van der Waals surface area (Å²) in [4.78, 5) is 0. The average molecular weight is 274 g/mol. The molecule has 0 fully saturated rings. The Hall–Kier alpha value is 2.34. The fraction of sp³-hybridized carbons (Fsp3) is 0. The van der Waals surface area contributed by atoms with Gasteiger partial charge in [0.25, 0.3) is 0 Å². The van der Waals surface area contributed by atoms with Crippen LogP contribution in [0.4, 0.5) is 0 Å². The van der Waals surface area contributed by atoms with Gasteiger partial charge in [0.05, 0.1) is 0 Å². The van der Waals surface area contributed by atoms with Gasteiger partial charge < -0.3 is 62.8 Å². The van der Waals surface area contributed by atoms with Gasteiger partial charge in [-0.25, -0.2) is 0 Å². The molecule has 13 heteroatoms. The molecule has 0 aromatic rings. The van der Waals surface area contributed by atoms with E-state index in [4.69, 9.17) is 0 Å². The van der Waals surface area contributed by atoms with Crippen LogP contribution in [0.1, 0.15) is 0 Å². The van der Waals surface area contributed by atoms with Crippen molar-refractivity contribution >= 4 is 27.0 Å². The third kappa shape index (κ3) is 399. The van der Waals surface area contributed by atoms with Crippen molar-refractivity contribution in [3.05, 3.63) is 0 Å². The van der Waals surface area contributed by atoms with Crippen molar-refractivity contribution in [1.82, 2.24) is 0 Å². The van der Waals surface area contributed by atoms with Crippen molar-refractivity contribution in [3.63, 3.8) is 0 Å². The molecule has 0 heterocycles. The second-order valence-electron chi connectivity index (χ2n) is 0. The van der Waals surface area contributed by atoms with E-state index in [1.54, 1.807) is 0 Å². The molecule has 0 aliphatic carbocycles. The predicted molar refractivity (Wildman–Crippen MR) is 50.3 cm³/mol. The Morgan fingerprint density at radius 3 is 0.308 bits per heavy atom. The summed E-state index contributed by atoms with van der Waals surface area (Å²) in [5.74, 6) is 0. The smallest absolute Gasteiger partial charge is 1.00 e. The summed E-state index contributed by atoms with van der Waals surface area (Å²) in [5.41, 5.74) is 0. The normalized spacial score (nSPS) is 0. The van der Waals surface area contributed by atoms with E-state index in [1.807, 2.05) is 0 Å². The second kappa shape index (κ2) is 466. The fourth-order valence-electron chi connectivity index (χ4n) is 0. The molecule has 18 N–H and O–H groups in total. The van der Waals surface area contributed by atoms with Crippen LogP contribution in [0.25, 0.3) is 0 Å². The first-order chi connectivity index (χ1) is 0. The van der Waals surface area contributed by atoms with Gasteiger partial charge in [0, 0.05) is 0 Å². The molecule has 0 saturated heterocycles. The van der Waals surface area contributed by atoms with Crippen LogP contribution in [0.3, 0.4) is 0 Å². The molecule has 0 aliphatic rings. The minimum absolute atomic E-state index is 0. The van der Waals surface area contributed by atoms with E-state index in [0.29, 0.717) is 0 Å². The maximum atomic E-state index is 0. The summed E-state index contributed by atoms with van der Waals surface area (Å²) in [6.45, 7) is 0. The monoisotopic (exact) mass is 274 g/mol. The van der Waals surface area contributed by atoms with Crippen molar-refractivity contribution in [1.29, 1.82) is 0 Å². The van der Waals surface area contributed by atoms with Gasteiger partial charge >= 0.3 is 59.1 Å². The minimum Gasteiger partial charge on any atom is -2.00 e. The maximum absolute atomic E-state index is 0. The Kier molecular flexibility index (Phi) is 20700. The average Bonchev–Trinajstić information content (AvgIpc) is 0. The molecular formula is H20Na2O9S2. The van der Waals surface area contributed by atoms with Gasteiger partial charge in [-0.15, -0.1) is 0 Å². The van der Waals surface area contributed by atoms with E-state index in [-0.39, 0.29) is 135 Å². The first-order valence-corrected chi connectivity index (χ1v) is 0. The molecule has 0 atom stereocenters. The molecule has 0 aromatic carbocycles. The Balaban J connectivity index is 0. The van der Waals surface area contributed by atoms with Crippen LogP contribution >= 0.6 is 13.5 Å². The number of hydrogen-bond acceptors (Lipinski definition) is 0. The van der Waals surface area contributed by atoms with Crippen molar-refractivity contribution in [2.75, 3.05) is 0 Å². The first-order valence-electron chi connectivity index (χ1n) is 0. The first kappa shape index (κ1) is 576. The summed E-state index contributed by atoms with van der Waals surface area (Å²) in [7, 11) is 0. The molecule has 0 rings (SSSR count). The second-order valence-corrected chi connectivity index (χ2v) is 0. The van der Waals surface area contributed by atoms with Crippen LogP contribution in [0.2, 0.25) is 0 Å². The molecule has 0 bridgehead atoms. The third-order valence-electron chi connectivity index (χ3n) is 0. The van der Waals surface area contributed by atoms with E-state index < -0.39 is 0 Å². The summed E-state index contributed by atoms with van der Waals surface area (Å²) in [5, 5.41) is 0. The van der Waals surface area contributed by atoms with Gasteiger partial charge in [-0.2, -0.15) is 13.5 Å². The molecule has 0 spiro atoms. The van der Waals surface area contributed by atoms with Gasteiger partial charge in [0.2, 0.25) is 0 Å². The molecule has 0 amide bonds. The van der Waals surface area contributed by atoms with Crippen molar-refractivity contribution in [2.45, 2.75) is 0 Å². The molecule has 13 heavy (non-hydrogen) atoms. The molecule has 0 saturated carbocycles. The standard InChI is InChI=1S/2Na.9H2O.H2S.S/h;;10*1H2;/q2*+1;;;;;;;;;;;-2. The van der Waals surface area contributed by atoms with Crippen molar-refractivity contribution in [2.24, 2.45) is 0 Å². The predicted octanol–water partition coefficient (Wildman–Crippen LogP) is -13.3. The Morgan fingerprint density at radius 2 is 0.308 bits per heavy atom. The maximum Gasteiger partial charge on any atom is 1.00 e. The van der Waals surface area contributed by atoms with Crippen LogP contribution in [-0.4, -0.2) is 49.3 Å². The van der Waals surface area contributed by atoms with Crippen molar-refractivity contribution in [3.8, 4) is 0 Å². The van der Waals surface area contributed by atoms with E-state index in [9.17, 15) is 0 Å². The van der Waals surface area contributed by atoms with Crippen LogP contribution < -0.4 is 59.1 Å². The molecule has 88 valence electrons. The Morgan fingerprint density at radius 1 is 0.308 bits per heavy atom. The summed E-state index contributed by atoms with van der Waals surface area (Å²) in [6.07, 6.45) is 0. The molecular weight excluding hydrogens is 254 g/mol. The zero-order valence-electron chi connectivity index (χ0n) is 7.41. The quantitative estimate of drug-likeness (QED) is 0.371. The van der Waals surface area contributed by atoms with Gasteiger partial charge in [-0.05, 0) is 0 Å². The summed E-state index contributed by atoms with van der Waals surface area (Å²) >= 11 is 0.